The van der Waals surface area contributed by atoms with Crippen molar-refractivity contribution in [1.82, 2.24) is 19.3 Å². The zero-order chi connectivity index (χ0) is 13.3. The smallest absolute Gasteiger partial charge is 0.331 e. The molecule has 0 aliphatic carbocycles. The number of rotatable bonds is 3. The second-order valence-corrected chi connectivity index (χ2v) is 4.01. The van der Waals surface area contributed by atoms with Gasteiger partial charge >= 0.3 is 5.69 Å². The van der Waals surface area contributed by atoms with Crippen molar-refractivity contribution in [3.05, 3.63) is 44.4 Å². The first-order valence-corrected chi connectivity index (χ1v) is 5.55. The lowest BCUT2D eigenvalue weighted by atomic mass is 10.2. The fourth-order valence-electron chi connectivity index (χ4n) is 1.84. The van der Waals surface area contributed by atoms with E-state index in [0.29, 0.717) is 0 Å². The molecule has 0 atom stereocenters. The lowest BCUT2D eigenvalue weighted by Crippen LogP contribution is -2.29. The molecule has 0 amide bonds. The Kier molecular flexibility index (Phi) is 3.05. The summed E-state index contributed by atoms with van der Waals surface area (Å²) in [5.41, 5.74) is 0.445. The van der Waals surface area contributed by atoms with Gasteiger partial charge in [0.25, 0.3) is 5.56 Å². The first kappa shape index (κ1) is 12.2. The summed E-state index contributed by atoms with van der Waals surface area (Å²) in [5.74, 6) is -0.352. The third kappa shape index (κ3) is 2.20. The van der Waals surface area contributed by atoms with Crippen LogP contribution in [-0.4, -0.2) is 24.4 Å². The van der Waals surface area contributed by atoms with Crippen LogP contribution in [0.2, 0.25) is 0 Å². The van der Waals surface area contributed by atoms with E-state index in [1.807, 2.05) is 6.92 Å². The van der Waals surface area contributed by atoms with Gasteiger partial charge < -0.3 is 5.11 Å². The van der Waals surface area contributed by atoms with E-state index in [-0.39, 0.29) is 12.4 Å². The zero-order valence-electron chi connectivity index (χ0n) is 10.2. The Labute approximate surface area is 102 Å². The van der Waals surface area contributed by atoms with Gasteiger partial charge in [-0.1, -0.05) is 6.92 Å². The predicted molar refractivity (Wildman–Crippen MR) is 64.7 cm³/mol. The Morgan fingerprint density at radius 1 is 1.44 bits per heavy atom. The largest absolute Gasteiger partial charge is 0.494 e. The number of hydrogen-bond acceptors (Lipinski definition) is 4. The monoisotopic (exact) mass is 250 g/mol. The maximum atomic E-state index is 11.6. The van der Waals surface area contributed by atoms with Gasteiger partial charge in [0, 0.05) is 18.8 Å². The van der Waals surface area contributed by atoms with Crippen LogP contribution in [0.25, 0.3) is 0 Å². The van der Waals surface area contributed by atoms with Gasteiger partial charge in [0.1, 0.15) is 0 Å². The number of aromatic hydroxyl groups is 1. The van der Waals surface area contributed by atoms with Crippen molar-refractivity contribution in [3.63, 3.8) is 0 Å². The van der Waals surface area contributed by atoms with Gasteiger partial charge in [-0.15, -0.1) is 0 Å². The molecule has 7 heteroatoms. The van der Waals surface area contributed by atoms with E-state index in [2.05, 4.69) is 10.1 Å². The molecule has 0 radical (unpaired) electrons. The molecule has 2 heterocycles. The van der Waals surface area contributed by atoms with Gasteiger partial charge in [-0.05, 0) is 6.42 Å². The van der Waals surface area contributed by atoms with Crippen LogP contribution in [0.4, 0.5) is 0 Å². The average Bonchev–Trinajstić information content (AvgIpc) is 2.64. The van der Waals surface area contributed by atoms with Gasteiger partial charge in [-0.2, -0.15) is 5.10 Å². The molecule has 7 nitrogen and oxygen atoms in total. The third-order valence-corrected chi connectivity index (χ3v) is 2.67. The molecule has 0 aliphatic heterocycles. The van der Waals surface area contributed by atoms with Crippen LogP contribution >= 0.6 is 0 Å². The van der Waals surface area contributed by atoms with E-state index < -0.39 is 11.2 Å². The maximum absolute atomic E-state index is 11.6. The Hall–Kier alpha value is -2.31. The standard InChI is InChI=1S/C11H14N4O3/c1-3-8-7(5-14(2)13-8)6-15-10(17)4-9(16)12-11(15)18/h4-5,17H,3,6H2,1-2H3,(H,12,16,18). The molecule has 18 heavy (non-hydrogen) atoms. The minimum atomic E-state index is -0.633. The van der Waals surface area contributed by atoms with Crippen molar-refractivity contribution in [3.8, 4) is 5.88 Å². The fraction of sp³-hybridized carbons (Fsp3) is 0.364. The van der Waals surface area contributed by atoms with Gasteiger partial charge in [-0.25, -0.2) is 4.79 Å². The Morgan fingerprint density at radius 2 is 2.17 bits per heavy atom. The van der Waals surface area contributed by atoms with E-state index >= 15 is 0 Å². The number of H-pyrrole nitrogens is 1. The van der Waals surface area contributed by atoms with E-state index in [0.717, 1.165) is 28.3 Å². The zero-order valence-corrected chi connectivity index (χ0v) is 10.2. The van der Waals surface area contributed by atoms with Gasteiger partial charge in [0.15, 0.2) is 0 Å². The highest BCUT2D eigenvalue weighted by molar-refractivity contribution is 5.19. The van der Waals surface area contributed by atoms with Crippen LogP contribution < -0.4 is 11.2 Å². The Balaban J connectivity index is 2.46. The summed E-state index contributed by atoms with van der Waals surface area (Å²) in [6.07, 6.45) is 2.52. The first-order chi connectivity index (χ1) is 8.51. The lowest BCUT2D eigenvalue weighted by molar-refractivity contribution is 0.409. The SMILES string of the molecule is CCc1nn(C)cc1Cn1c(O)cc(=O)[nH]c1=O. The quantitative estimate of drug-likeness (QED) is 0.774. The molecule has 0 aliphatic rings. The summed E-state index contributed by atoms with van der Waals surface area (Å²) in [6.45, 7) is 2.14. The van der Waals surface area contributed by atoms with Crippen LogP contribution in [0, 0.1) is 0 Å². The molecule has 0 fully saturated rings. The summed E-state index contributed by atoms with van der Waals surface area (Å²) >= 11 is 0. The Morgan fingerprint density at radius 3 is 2.78 bits per heavy atom. The third-order valence-electron chi connectivity index (χ3n) is 2.67. The van der Waals surface area contributed by atoms with Crippen molar-refractivity contribution in [2.24, 2.45) is 7.05 Å². The Bertz CT molecular complexity index is 680. The second kappa shape index (κ2) is 4.52. The van der Waals surface area contributed by atoms with Crippen LogP contribution in [0.15, 0.2) is 21.9 Å². The van der Waals surface area contributed by atoms with Gasteiger partial charge in [0.05, 0.1) is 18.3 Å². The first-order valence-electron chi connectivity index (χ1n) is 5.55. The molecule has 0 unspecified atom stereocenters. The molecule has 2 aromatic rings. The number of nitrogens with zero attached hydrogens (tertiary/aromatic N) is 3. The van der Waals surface area contributed by atoms with Crippen LogP contribution in [0.1, 0.15) is 18.2 Å². The van der Waals surface area contributed by atoms with Crippen molar-refractivity contribution in [2.45, 2.75) is 19.9 Å². The van der Waals surface area contributed by atoms with Crippen LogP contribution in [0.5, 0.6) is 5.88 Å². The van der Waals surface area contributed by atoms with E-state index in [9.17, 15) is 14.7 Å². The maximum Gasteiger partial charge on any atom is 0.331 e. The van der Waals surface area contributed by atoms with Crippen LogP contribution in [0.3, 0.4) is 0 Å². The summed E-state index contributed by atoms with van der Waals surface area (Å²) in [6, 6.07) is 0.976. The highest BCUT2D eigenvalue weighted by Crippen LogP contribution is 2.11. The van der Waals surface area contributed by atoms with Crippen molar-refractivity contribution < 1.29 is 5.11 Å². The minimum Gasteiger partial charge on any atom is -0.494 e. The molecule has 2 rings (SSSR count). The predicted octanol–water partition coefficient (Wildman–Crippen LogP) is -0.414. The second-order valence-electron chi connectivity index (χ2n) is 4.01. The lowest BCUT2D eigenvalue weighted by Gasteiger charge is -2.06. The van der Waals surface area contributed by atoms with E-state index in [1.54, 1.807) is 17.9 Å². The number of aryl methyl sites for hydroxylation is 2. The molecule has 2 N–H and O–H groups in total. The molecule has 0 aromatic carbocycles. The minimum absolute atomic E-state index is 0.179. The number of nitrogens with one attached hydrogen (secondary N) is 1. The van der Waals surface area contributed by atoms with Crippen molar-refractivity contribution >= 4 is 0 Å². The van der Waals surface area contributed by atoms with Crippen molar-refractivity contribution in [2.75, 3.05) is 0 Å². The van der Waals surface area contributed by atoms with E-state index in [4.69, 9.17) is 0 Å². The summed E-state index contributed by atoms with van der Waals surface area (Å²) < 4.78 is 2.75. The van der Waals surface area contributed by atoms with E-state index in [1.165, 1.54) is 0 Å². The summed E-state index contributed by atoms with van der Waals surface area (Å²) in [4.78, 5) is 24.7. The number of aromatic amines is 1. The highest BCUT2D eigenvalue weighted by atomic mass is 16.3. The molecular formula is C11H14N4O3. The summed E-state index contributed by atoms with van der Waals surface area (Å²) in [7, 11) is 1.79. The molecule has 96 valence electrons. The number of hydrogen-bond donors (Lipinski definition) is 2. The molecule has 0 spiro atoms. The van der Waals surface area contributed by atoms with Crippen LogP contribution in [-0.2, 0) is 20.0 Å². The molecular weight excluding hydrogens is 236 g/mol. The summed E-state index contributed by atoms with van der Waals surface area (Å²) in [5, 5.41) is 13.9. The fourth-order valence-corrected chi connectivity index (χ4v) is 1.84. The molecule has 0 saturated carbocycles. The van der Waals surface area contributed by atoms with Gasteiger partial charge in [0.2, 0.25) is 5.88 Å². The van der Waals surface area contributed by atoms with Gasteiger partial charge in [-0.3, -0.25) is 19.0 Å². The topological polar surface area (TPSA) is 92.9 Å². The molecule has 0 saturated heterocycles. The highest BCUT2D eigenvalue weighted by Gasteiger charge is 2.10. The average molecular weight is 250 g/mol. The normalized spacial score (nSPS) is 10.8. The number of aromatic nitrogens is 4. The molecule has 2 aromatic heterocycles. The van der Waals surface area contributed by atoms with Crippen molar-refractivity contribution in [1.29, 1.82) is 0 Å². The molecule has 0 bridgehead atoms.